The number of anilines is 1. The van der Waals surface area contributed by atoms with Crippen LogP contribution < -0.4 is 20.5 Å². The first-order chi connectivity index (χ1) is 11.7. The van der Waals surface area contributed by atoms with Crippen LogP contribution in [0.4, 0.5) is 5.69 Å². The van der Waals surface area contributed by atoms with Crippen molar-refractivity contribution in [3.05, 3.63) is 53.0 Å². The SMILES string of the molecule is CCOc1ccc(OCC(=O)Nc2cccc3oc(=O)[nH]c23)cc1. The highest BCUT2D eigenvalue weighted by atomic mass is 16.5. The molecule has 1 aromatic heterocycles. The molecule has 2 aromatic carbocycles. The third kappa shape index (κ3) is 3.57. The van der Waals surface area contributed by atoms with E-state index in [0.29, 0.717) is 29.1 Å². The largest absolute Gasteiger partial charge is 0.494 e. The first-order valence-corrected chi connectivity index (χ1v) is 7.43. The molecule has 0 radical (unpaired) electrons. The minimum absolute atomic E-state index is 0.160. The molecular formula is C17H16N2O5. The fraction of sp³-hybridized carbons (Fsp3) is 0.176. The zero-order valence-electron chi connectivity index (χ0n) is 13.0. The average Bonchev–Trinajstić information content (AvgIpc) is 2.96. The molecule has 24 heavy (non-hydrogen) atoms. The number of H-pyrrole nitrogens is 1. The van der Waals surface area contributed by atoms with E-state index < -0.39 is 5.76 Å². The maximum absolute atomic E-state index is 12.0. The fourth-order valence-corrected chi connectivity index (χ4v) is 2.21. The van der Waals surface area contributed by atoms with E-state index in [1.54, 1.807) is 42.5 Å². The summed E-state index contributed by atoms with van der Waals surface area (Å²) in [5.41, 5.74) is 1.28. The summed E-state index contributed by atoms with van der Waals surface area (Å²) in [7, 11) is 0. The third-order valence-electron chi connectivity index (χ3n) is 3.23. The molecule has 0 saturated heterocycles. The van der Waals surface area contributed by atoms with Crippen LogP contribution in [0.2, 0.25) is 0 Å². The summed E-state index contributed by atoms with van der Waals surface area (Å²) in [4.78, 5) is 25.8. The second-order valence-electron chi connectivity index (χ2n) is 4.93. The van der Waals surface area contributed by atoms with Gasteiger partial charge in [0.1, 0.15) is 17.0 Å². The van der Waals surface area contributed by atoms with E-state index in [2.05, 4.69) is 10.3 Å². The van der Waals surface area contributed by atoms with Crippen LogP contribution in [0.5, 0.6) is 11.5 Å². The Morgan fingerprint density at radius 3 is 2.54 bits per heavy atom. The van der Waals surface area contributed by atoms with Crippen LogP contribution in [-0.4, -0.2) is 24.1 Å². The van der Waals surface area contributed by atoms with Crippen LogP contribution in [0.1, 0.15) is 6.92 Å². The predicted molar refractivity (Wildman–Crippen MR) is 88.6 cm³/mol. The summed E-state index contributed by atoms with van der Waals surface area (Å²) in [6, 6.07) is 12.0. The van der Waals surface area contributed by atoms with Crippen molar-refractivity contribution in [3.8, 4) is 11.5 Å². The number of para-hydroxylation sites is 1. The Kier molecular flexibility index (Phi) is 4.51. The Hall–Kier alpha value is -3.22. The van der Waals surface area contributed by atoms with Gasteiger partial charge in [0.2, 0.25) is 0 Å². The molecule has 2 N–H and O–H groups in total. The van der Waals surface area contributed by atoms with Gasteiger partial charge in [-0.1, -0.05) is 6.07 Å². The maximum atomic E-state index is 12.0. The molecule has 1 heterocycles. The van der Waals surface area contributed by atoms with Crippen molar-refractivity contribution >= 4 is 22.7 Å². The first kappa shape index (κ1) is 15.7. The smallest absolute Gasteiger partial charge is 0.417 e. The van der Waals surface area contributed by atoms with Crippen molar-refractivity contribution in [1.82, 2.24) is 4.98 Å². The van der Waals surface area contributed by atoms with Crippen molar-refractivity contribution in [2.75, 3.05) is 18.5 Å². The summed E-state index contributed by atoms with van der Waals surface area (Å²) in [5.74, 6) is 0.379. The van der Waals surface area contributed by atoms with Gasteiger partial charge < -0.3 is 19.2 Å². The summed E-state index contributed by atoms with van der Waals surface area (Å²) < 4.78 is 15.7. The summed E-state index contributed by atoms with van der Waals surface area (Å²) in [6.07, 6.45) is 0. The van der Waals surface area contributed by atoms with Crippen LogP contribution in [-0.2, 0) is 4.79 Å². The molecule has 0 spiro atoms. The lowest BCUT2D eigenvalue weighted by Crippen LogP contribution is -2.20. The molecule has 7 nitrogen and oxygen atoms in total. The van der Waals surface area contributed by atoms with Crippen molar-refractivity contribution in [2.24, 2.45) is 0 Å². The minimum atomic E-state index is -0.572. The Morgan fingerprint density at radius 1 is 1.12 bits per heavy atom. The molecule has 3 rings (SSSR count). The molecular weight excluding hydrogens is 312 g/mol. The maximum Gasteiger partial charge on any atom is 0.417 e. The highest BCUT2D eigenvalue weighted by molar-refractivity contribution is 5.99. The topological polar surface area (TPSA) is 93.6 Å². The highest BCUT2D eigenvalue weighted by Crippen LogP contribution is 2.20. The van der Waals surface area contributed by atoms with Crippen LogP contribution in [0.25, 0.3) is 11.1 Å². The highest BCUT2D eigenvalue weighted by Gasteiger charge is 2.10. The number of carbonyl (C=O) groups is 1. The molecule has 0 atom stereocenters. The van der Waals surface area contributed by atoms with E-state index in [9.17, 15) is 9.59 Å². The quantitative estimate of drug-likeness (QED) is 0.725. The Balaban J connectivity index is 1.61. The molecule has 124 valence electrons. The molecule has 0 fully saturated rings. The van der Waals surface area contributed by atoms with Gasteiger partial charge in [-0.3, -0.25) is 9.78 Å². The van der Waals surface area contributed by atoms with Gasteiger partial charge in [0.15, 0.2) is 12.2 Å². The third-order valence-corrected chi connectivity index (χ3v) is 3.23. The summed E-state index contributed by atoms with van der Waals surface area (Å²) >= 11 is 0. The lowest BCUT2D eigenvalue weighted by molar-refractivity contribution is -0.118. The number of rotatable bonds is 6. The van der Waals surface area contributed by atoms with Gasteiger partial charge in [-0.25, -0.2) is 4.79 Å². The number of benzene rings is 2. The van der Waals surface area contributed by atoms with Crippen LogP contribution in [0, 0.1) is 0 Å². The Morgan fingerprint density at radius 2 is 1.83 bits per heavy atom. The second-order valence-corrected chi connectivity index (χ2v) is 4.93. The van der Waals surface area contributed by atoms with Gasteiger partial charge in [-0.05, 0) is 43.3 Å². The zero-order chi connectivity index (χ0) is 16.9. The van der Waals surface area contributed by atoms with Gasteiger partial charge in [0, 0.05) is 0 Å². The molecule has 0 aliphatic carbocycles. The van der Waals surface area contributed by atoms with E-state index in [1.807, 2.05) is 6.92 Å². The van der Waals surface area contributed by atoms with E-state index in [1.165, 1.54) is 0 Å². The number of carbonyl (C=O) groups excluding carboxylic acids is 1. The Bertz CT molecular complexity index is 895. The van der Waals surface area contributed by atoms with Crippen molar-refractivity contribution in [3.63, 3.8) is 0 Å². The molecule has 0 saturated carbocycles. The van der Waals surface area contributed by atoms with Gasteiger partial charge >= 0.3 is 5.76 Å². The number of oxazole rings is 1. The van der Waals surface area contributed by atoms with Gasteiger partial charge in [-0.2, -0.15) is 0 Å². The molecule has 0 aliphatic heterocycles. The molecule has 3 aromatic rings. The minimum Gasteiger partial charge on any atom is -0.494 e. The van der Waals surface area contributed by atoms with Gasteiger partial charge in [-0.15, -0.1) is 0 Å². The predicted octanol–water partition coefficient (Wildman–Crippen LogP) is 2.54. The van der Waals surface area contributed by atoms with Crippen LogP contribution in [0.15, 0.2) is 51.7 Å². The van der Waals surface area contributed by atoms with Crippen LogP contribution in [0.3, 0.4) is 0 Å². The van der Waals surface area contributed by atoms with E-state index in [4.69, 9.17) is 13.9 Å². The summed E-state index contributed by atoms with van der Waals surface area (Å²) in [6.45, 7) is 2.33. The average molecular weight is 328 g/mol. The van der Waals surface area contributed by atoms with Gasteiger partial charge in [0.05, 0.1) is 12.3 Å². The normalized spacial score (nSPS) is 10.5. The first-order valence-electron chi connectivity index (χ1n) is 7.43. The van der Waals surface area contributed by atoms with E-state index >= 15 is 0 Å². The van der Waals surface area contributed by atoms with Crippen molar-refractivity contribution in [2.45, 2.75) is 6.92 Å². The standard InChI is InChI=1S/C17H16N2O5/c1-2-22-11-6-8-12(9-7-11)23-10-15(20)18-13-4-3-5-14-16(13)19-17(21)24-14/h3-9H,2,10H2,1H3,(H,18,20)(H,19,21). The molecule has 7 heteroatoms. The van der Waals surface area contributed by atoms with Crippen LogP contribution >= 0.6 is 0 Å². The number of ether oxygens (including phenoxy) is 2. The second kappa shape index (κ2) is 6.91. The number of nitrogens with one attached hydrogen (secondary N) is 2. The van der Waals surface area contributed by atoms with E-state index in [-0.39, 0.29) is 12.5 Å². The number of aromatic amines is 1. The molecule has 0 bridgehead atoms. The lowest BCUT2D eigenvalue weighted by atomic mass is 10.3. The van der Waals surface area contributed by atoms with E-state index in [0.717, 1.165) is 5.75 Å². The monoisotopic (exact) mass is 328 g/mol. The summed E-state index contributed by atoms with van der Waals surface area (Å²) in [5, 5.41) is 2.68. The number of amides is 1. The number of hydrogen-bond donors (Lipinski definition) is 2. The Labute approximate surface area is 137 Å². The fourth-order valence-electron chi connectivity index (χ4n) is 2.21. The lowest BCUT2D eigenvalue weighted by Gasteiger charge is -2.09. The molecule has 1 amide bonds. The molecule has 0 unspecified atom stereocenters. The molecule has 0 aliphatic rings. The van der Waals surface area contributed by atoms with Crippen molar-refractivity contribution < 1.29 is 18.7 Å². The number of hydrogen-bond acceptors (Lipinski definition) is 5. The van der Waals surface area contributed by atoms with Crippen molar-refractivity contribution in [1.29, 1.82) is 0 Å². The van der Waals surface area contributed by atoms with Gasteiger partial charge in [0.25, 0.3) is 5.91 Å². The zero-order valence-corrected chi connectivity index (χ0v) is 13.0. The number of fused-ring (bicyclic) bond motifs is 1. The number of aromatic nitrogens is 1.